The van der Waals surface area contributed by atoms with E-state index in [1.165, 1.54) is 102 Å². The molecule has 2 atom stereocenters. The Morgan fingerprint density at radius 1 is 0.733 bits per heavy atom. The van der Waals surface area contributed by atoms with Crippen molar-refractivity contribution in [3.63, 3.8) is 0 Å². The van der Waals surface area contributed by atoms with Gasteiger partial charge in [-0.3, -0.25) is 4.98 Å². The molecule has 168 valence electrons. The molecule has 1 aromatic heterocycles. The smallest absolute Gasteiger partial charge is 0.241 e. The van der Waals surface area contributed by atoms with E-state index >= 15 is 0 Å². The standard InChI is InChI=1S/C28H46N2/c1-3-5-7-9-11-16-20-27(24-26-18-14-13-15-19-26)28(30-23-22-29-25-30)21-17-12-10-8-6-4-2/h13-15,18-19,22-23,25,27-28H,3-12,16-17,20-21,24H2,1-2H3/p+1. The largest absolute Gasteiger partial charge is 0.250 e. The fourth-order valence-electron chi connectivity index (χ4n) is 4.80. The van der Waals surface area contributed by atoms with Gasteiger partial charge in [-0.1, -0.05) is 115 Å². The summed E-state index contributed by atoms with van der Waals surface area (Å²) in [6.07, 6.45) is 27.0. The minimum Gasteiger partial charge on any atom is -0.250 e. The number of aromatic amines is 1. The zero-order chi connectivity index (χ0) is 21.3. The molecule has 0 spiro atoms. The molecule has 0 fully saturated rings. The number of benzene rings is 1. The van der Waals surface area contributed by atoms with Crippen molar-refractivity contribution in [1.29, 1.82) is 0 Å². The molecule has 0 radical (unpaired) electrons. The van der Waals surface area contributed by atoms with Gasteiger partial charge in [-0.25, -0.2) is 4.57 Å². The summed E-state index contributed by atoms with van der Waals surface area (Å²) < 4.78 is 2.47. The van der Waals surface area contributed by atoms with E-state index < -0.39 is 0 Å². The zero-order valence-corrected chi connectivity index (χ0v) is 19.8. The van der Waals surface area contributed by atoms with E-state index in [0.717, 1.165) is 5.92 Å². The molecule has 2 rings (SSSR count). The number of imidazole rings is 1. The highest BCUT2D eigenvalue weighted by Gasteiger charge is 2.26. The van der Waals surface area contributed by atoms with Crippen LogP contribution in [-0.4, -0.2) is 4.98 Å². The molecule has 2 unspecified atom stereocenters. The molecule has 1 heterocycles. The second-order valence-electron chi connectivity index (χ2n) is 9.19. The zero-order valence-electron chi connectivity index (χ0n) is 19.8. The Morgan fingerprint density at radius 2 is 1.33 bits per heavy atom. The number of rotatable bonds is 18. The second-order valence-corrected chi connectivity index (χ2v) is 9.19. The average Bonchev–Trinajstić information content (AvgIpc) is 3.30. The van der Waals surface area contributed by atoms with Crippen LogP contribution in [0.3, 0.4) is 0 Å². The van der Waals surface area contributed by atoms with Gasteiger partial charge >= 0.3 is 0 Å². The topological polar surface area (TPSA) is 19.7 Å². The highest BCUT2D eigenvalue weighted by molar-refractivity contribution is 5.15. The van der Waals surface area contributed by atoms with Crippen molar-refractivity contribution in [3.8, 4) is 0 Å². The van der Waals surface area contributed by atoms with E-state index in [4.69, 9.17) is 0 Å². The summed E-state index contributed by atoms with van der Waals surface area (Å²) >= 11 is 0. The van der Waals surface area contributed by atoms with E-state index in [9.17, 15) is 0 Å². The molecule has 0 aliphatic rings. The number of aromatic nitrogens is 2. The number of hydrogen-bond donors (Lipinski definition) is 1. The first kappa shape index (κ1) is 24.7. The van der Waals surface area contributed by atoms with Crippen LogP contribution in [0.15, 0.2) is 49.1 Å². The van der Waals surface area contributed by atoms with Gasteiger partial charge < -0.3 is 0 Å². The van der Waals surface area contributed by atoms with Gasteiger partial charge in [0.05, 0.1) is 0 Å². The summed E-state index contributed by atoms with van der Waals surface area (Å²) in [5, 5.41) is 0. The molecule has 0 bridgehead atoms. The summed E-state index contributed by atoms with van der Waals surface area (Å²) in [7, 11) is 0. The van der Waals surface area contributed by atoms with Gasteiger partial charge in [0.2, 0.25) is 6.33 Å². The predicted molar refractivity (Wildman–Crippen MR) is 130 cm³/mol. The van der Waals surface area contributed by atoms with Crippen molar-refractivity contribution in [2.24, 2.45) is 5.92 Å². The molecule has 2 nitrogen and oxygen atoms in total. The Bertz CT molecular complexity index is 605. The Balaban J connectivity index is 1.97. The third-order valence-electron chi connectivity index (χ3n) is 6.62. The lowest BCUT2D eigenvalue weighted by Crippen LogP contribution is -2.42. The van der Waals surface area contributed by atoms with E-state index in [1.54, 1.807) is 0 Å². The quantitative estimate of drug-likeness (QED) is 0.188. The third-order valence-corrected chi connectivity index (χ3v) is 6.62. The first-order valence-electron chi connectivity index (χ1n) is 12.9. The van der Waals surface area contributed by atoms with Crippen LogP contribution >= 0.6 is 0 Å². The molecule has 1 N–H and O–H groups in total. The fourth-order valence-corrected chi connectivity index (χ4v) is 4.80. The highest BCUT2D eigenvalue weighted by atomic mass is 15.1. The van der Waals surface area contributed by atoms with Crippen molar-refractivity contribution in [1.82, 2.24) is 4.98 Å². The van der Waals surface area contributed by atoms with Crippen LogP contribution in [0.1, 0.15) is 115 Å². The summed E-state index contributed by atoms with van der Waals surface area (Å²) in [6, 6.07) is 11.8. The maximum Gasteiger partial charge on any atom is 0.241 e. The van der Waals surface area contributed by atoms with Gasteiger partial charge in [-0.15, -0.1) is 0 Å². The van der Waals surface area contributed by atoms with Crippen LogP contribution in [-0.2, 0) is 6.42 Å². The summed E-state index contributed by atoms with van der Waals surface area (Å²) in [5.74, 6) is 0.718. The lowest BCUT2D eigenvalue weighted by Gasteiger charge is -2.25. The Hall–Kier alpha value is -1.57. The maximum atomic E-state index is 3.30. The Labute approximate surface area is 186 Å². The van der Waals surface area contributed by atoms with E-state index in [0.29, 0.717) is 6.04 Å². The van der Waals surface area contributed by atoms with Crippen LogP contribution in [0.5, 0.6) is 0 Å². The molecule has 0 aliphatic carbocycles. The maximum absolute atomic E-state index is 3.30. The first-order chi connectivity index (χ1) is 14.8. The van der Waals surface area contributed by atoms with Gasteiger partial charge in [-0.2, -0.15) is 0 Å². The molecular formula is C28H47N2+. The van der Waals surface area contributed by atoms with Crippen molar-refractivity contribution < 1.29 is 4.57 Å². The summed E-state index contributed by atoms with van der Waals surface area (Å²) in [6.45, 7) is 4.60. The lowest BCUT2D eigenvalue weighted by molar-refractivity contribution is -0.730. The molecule has 0 saturated carbocycles. The number of nitrogens with zero attached hydrogens (tertiary/aromatic N) is 1. The van der Waals surface area contributed by atoms with Gasteiger partial charge in [-0.05, 0) is 31.2 Å². The van der Waals surface area contributed by atoms with Gasteiger partial charge in [0.25, 0.3) is 0 Å². The first-order valence-corrected chi connectivity index (χ1v) is 12.9. The average molecular weight is 412 g/mol. The van der Waals surface area contributed by atoms with E-state index in [2.05, 4.69) is 72.5 Å². The Kier molecular flexibility index (Phi) is 13.3. The molecule has 2 aromatic rings. The summed E-state index contributed by atoms with van der Waals surface area (Å²) in [4.78, 5) is 3.30. The lowest BCUT2D eigenvalue weighted by atomic mass is 9.84. The van der Waals surface area contributed by atoms with Gasteiger partial charge in [0, 0.05) is 5.92 Å². The normalized spacial score (nSPS) is 13.4. The van der Waals surface area contributed by atoms with Crippen molar-refractivity contribution >= 4 is 0 Å². The number of unbranched alkanes of at least 4 members (excludes halogenated alkanes) is 10. The second kappa shape index (κ2) is 16.2. The molecule has 0 amide bonds. The Morgan fingerprint density at radius 3 is 1.93 bits per heavy atom. The third kappa shape index (κ3) is 9.96. The molecule has 2 heteroatoms. The monoisotopic (exact) mass is 411 g/mol. The number of hydrogen-bond acceptors (Lipinski definition) is 0. The molecular weight excluding hydrogens is 364 g/mol. The molecule has 1 aromatic carbocycles. The van der Waals surface area contributed by atoms with Crippen LogP contribution < -0.4 is 4.57 Å². The summed E-state index contributed by atoms with van der Waals surface area (Å²) in [5.41, 5.74) is 1.50. The van der Waals surface area contributed by atoms with Crippen LogP contribution in [0, 0.1) is 5.92 Å². The SMILES string of the molecule is CCCCCCCCC(Cc1ccccc1)C(CCCCCCCC)[n+]1cc[nH]c1. The molecule has 0 aliphatic heterocycles. The molecule has 0 saturated heterocycles. The van der Waals surface area contributed by atoms with Crippen molar-refractivity contribution in [2.45, 2.75) is 116 Å². The van der Waals surface area contributed by atoms with Crippen LogP contribution in [0.4, 0.5) is 0 Å². The van der Waals surface area contributed by atoms with Gasteiger partial charge in [0.15, 0.2) is 0 Å². The molecule has 30 heavy (non-hydrogen) atoms. The van der Waals surface area contributed by atoms with Crippen LogP contribution in [0.25, 0.3) is 0 Å². The highest BCUT2D eigenvalue weighted by Crippen LogP contribution is 2.29. The van der Waals surface area contributed by atoms with E-state index in [1.807, 2.05) is 0 Å². The van der Waals surface area contributed by atoms with Crippen molar-refractivity contribution in [2.75, 3.05) is 0 Å². The van der Waals surface area contributed by atoms with E-state index in [-0.39, 0.29) is 0 Å². The number of nitrogens with one attached hydrogen (secondary N) is 1. The minimum absolute atomic E-state index is 0.610. The number of H-pyrrole nitrogens is 1. The minimum atomic E-state index is 0.610. The van der Waals surface area contributed by atoms with Crippen LogP contribution in [0.2, 0.25) is 0 Å². The van der Waals surface area contributed by atoms with Crippen molar-refractivity contribution in [3.05, 3.63) is 54.6 Å². The predicted octanol–water partition coefficient (Wildman–Crippen LogP) is 8.20. The fraction of sp³-hybridized carbons (Fsp3) is 0.679. The van der Waals surface area contributed by atoms with Gasteiger partial charge in [0.1, 0.15) is 18.4 Å².